The van der Waals surface area contributed by atoms with Crippen molar-refractivity contribution < 1.29 is 18.8 Å². The van der Waals surface area contributed by atoms with Crippen LogP contribution in [0, 0.1) is 0 Å². The van der Waals surface area contributed by atoms with Crippen molar-refractivity contribution in [2.75, 3.05) is 0 Å². The average molecular weight is 267 g/mol. The van der Waals surface area contributed by atoms with Crippen LogP contribution in [0.15, 0.2) is 30.3 Å². The minimum absolute atomic E-state index is 0.743. The zero-order valence-corrected chi connectivity index (χ0v) is 12.0. The van der Waals surface area contributed by atoms with Crippen LogP contribution < -0.4 is 0 Å². The normalized spacial score (nSPS) is 22.9. The first-order chi connectivity index (χ1) is 6.35. The van der Waals surface area contributed by atoms with Gasteiger partial charge in [-0.2, -0.15) is 0 Å². The van der Waals surface area contributed by atoms with Gasteiger partial charge in [-0.05, 0) is 0 Å². The second-order valence-corrected chi connectivity index (χ2v) is 28.6. The summed E-state index contributed by atoms with van der Waals surface area (Å²) in [5.74, 6) is 0. The Labute approximate surface area is 88.2 Å². The van der Waals surface area contributed by atoms with Gasteiger partial charge >= 0.3 is 88.5 Å². The van der Waals surface area contributed by atoms with E-state index in [4.69, 9.17) is 0 Å². The predicted octanol–water partition coefficient (Wildman–Crippen LogP) is 4.64. The fourth-order valence-electron chi connectivity index (χ4n) is 2.26. The van der Waals surface area contributed by atoms with E-state index < -0.39 is 18.8 Å². The van der Waals surface area contributed by atoms with Gasteiger partial charge in [-0.1, -0.05) is 0 Å². The third-order valence-corrected chi connectivity index (χ3v) is 10.4. The third-order valence-electron chi connectivity index (χ3n) is 3.04. The monoisotopic (exact) mass is 265 g/mol. The molecule has 1 heteroatoms. The molecule has 0 N–H and O–H groups in total. The summed E-state index contributed by atoms with van der Waals surface area (Å²) in [6.45, 7) is 0. The van der Waals surface area contributed by atoms with E-state index >= 15 is 0 Å². The van der Waals surface area contributed by atoms with Gasteiger partial charge in [-0.25, -0.2) is 0 Å². The standard InChI is InChI=1S/C9H7.4CH3.Zr/c1-2-5-9-7-3-6-8(9)4-1;;;;;/h1-7H;4*1H3;. The van der Waals surface area contributed by atoms with Crippen molar-refractivity contribution >= 4 is 6.08 Å². The fourth-order valence-corrected chi connectivity index (χ4v) is 8.09. The number of benzene rings is 1. The molecule has 14 heavy (non-hydrogen) atoms. The van der Waals surface area contributed by atoms with Crippen LogP contribution in [0.1, 0.15) is 14.8 Å². The molecule has 0 fully saturated rings. The number of allylic oxidation sites excluding steroid dienone is 1. The van der Waals surface area contributed by atoms with Crippen molar-refractivity contribution in [2.45, 2.75) is 22.2 Å². The molecule has 1 aliphatic rings. The Hall–Kier alpha value is -0.157. The Morgan fingerprint density at radius 1 is 1.00 bits per heavy atom. The molecule has 1 unspecified atom stereocenters. The van der Waals surface area contributed by atoms with E-state index in [1.54, 1.807) is 5.56 Å². The Balaban J connectivity index is 2.51. The summed E-state index contributed by atoms with van der Waals surface area (Å²) in [5, 5.41) is 0. The van der Waals surface area contributed by atoms with Gasteiger partial charge in [0.25, 0.3) is 0 Å². The molecule has 0 aliphatic heterocycles. The van der Waals surface area contributed by atoms with Crippen molar-refractivity contribution in [1.82, 2.24) is 0 Å². The summed E-state index contributed by atoms with van der Waals surface area (Å²) in [5.41, 5.74) is 3.00. The van der Waals surface area contributed by atoms with E-state index in [0.29, 0.717) is 0 Å². The summed E-state index contributed by atoms with van der Waals surface area (Å²) in [4.78, 5) is 0. The molecule has 0 saturated heterocycles. The Morgan fingerprint density at radius 3 is 2.29 bits per heavy atom. The van der Waals surface area contributed by atoms with Crippen molar-refractivity contribution in [1.29, 1.82) is 0 Å². The molecule has 1 aromatic rings. The van der Waals surface area contributed by atoms with Gasteiger partial charge in [-0.15, -0.1) is 0 Å². The van der Waals surface area contributed by atoms with Crippen LogP contribution in [0.3, 0.4) is 0 Å². The molecule has 75 valence electrons. The molecule has 0 radical (unpaired) electrons. The van der Waals surface area contributed by atoms with E-state index in [9.17, 15) is 0 Å². The van der Waals surface area contributed by atoms with E-state index in [1.807, 2.05) is 0 Å². The summed E-state index contributed by atoms with van der Waals surface area (Å²) in [6.07, 6.45) is 4.73. The molecule has 2 rings (SSSR count). The van der Waals surface area contributed by atoms with Gasteiger partial charge in [0.05, 0.1) is 0 Å². The molecule has 0 aromatic heterocycles. The van der Waals surface area contributed by atoms with Crippen molar-refractivity contribution in [3.8, 4) is 0 Å². The number of hydrogen-bond acceptors (Lipinski definition) is 0. The Morgan fingerprint density at radius 2 is 1.64 bits per heavy atom. The van der Waals surface area contributed by atoms with Crippen LogP contribution in [0.25, 0.3) is 6.08 Å². The zero-order chi connectivity index (χ0) is 10.4. The van der Waals surface area contributed by atoms with Crippen molar-refractivity contribution in [2.24, 2.45) is 0 Å². The maximum absolute atomic E-state index is 2.53. The van der Waals surface area contributed by atoms with Gasteiger partial charge in [-0.3, -0.25) is 0 Å². The van der Waals surface area contributed by atoms with Crippen LogP contribution in [0.2, 0.25) is 18.5 Å². The quantitative estimate of drug-likeness (QED) is 0.695. The van der Waals surface area contributed by atoms with Crippen LogP contribution in [-0.2, 0) is 18.8 Å². The zero-order valence-electron chi connectivity index (χ0n) is 9.54. The molecule has 0 spiro atoms. The third kappa shape index (κ3) is 1.80. The first kappa shape index (κ1) is 10.4. The Kier molecular flexibility index (Phi) is 2.16. The summed E-state index contributed by atoms with van der Waals surface area (Å²) in [7, 11) is 0. The van der Waals surface area contributed by atoms with Crippen LogP contribution in [-0.4, -0.2) is 0 Å². The van der Waals surface area contributed by atoms with E-state index in [1.165, 1.54) is 5.56 Å². The average Bonchev–Trinajstić information content (AvgIpc) is 2.44. The summed E-state index contributed by atoms with van der Waals surface area (Å²) >= 11 is -2.40. The van der Waals surface area contributed by atoms with Crippen LogP contribution >= 0.6 is 0 Å². The molecule has 0 bridgehead atoms. The van der Waals surface area contributed by atoms with Gasteiger partial charge < -0.3 is 0 Å². The summed E-state index contributed by atoms with van der Waals surface area (Å²) in [6, 6.07) is 8.83. The second-order valence-electron chi connectivity index (χ2n) is 6.62. The number of hydrogen-bond donors (Lipinski definition) is 0. The van der Waals surface area contributed by atoms with Crippen LogP contribution in [0.4, 0.5) is 0 Å². The predicted molar refractivity (Wildman–Crippen MR) is 61.7 cm³/mol. The molecular weight excluding hydrogens is 247 g/mol. The first-order valence-corrected chi connectivity index (χ1v) is 16.6. The first-order valence-electron chi connectivity index (χ1n) is 5.36. The van der Waals surface area contributed by atoms with E-state index in [0.717, 1.165) is 3.63 Å². The van der Waals surface area contributed by atoms with Crippen molar-refractivity contribution in [3.05, 3.63) is 41.5 Å². The van der Waals surface area contributed by atoms with Gasteiger partial charge in [0.1, 0.15) is 0 Å². The Bertz CT molecular complexity index is 384. The molecule has 1 aromatic carbocycles. The van der Waals surface area contributed by atoms with Gasteiger partial charge in [0.15, 0.2) is 0 Å². The maximum atomic E-state index is 2.53. The molecule has 1 atom stereocenters. The van der Waals surface area contributed by atoms with Gasteiger partial charge in [0, 0.05) is 0 Å². The summed E-state index contributed by atoms with van der Waals surface area (Å²) < 4.78 is 10.8. The topological polar surface area (TPSA) is 0 Å². The SMILES string of the molecule is [CH3][Zr]([CH3])([CH3])([CH3])[CH]1C=Cc2ccccc21. The van der Waals surface area contributed by atoms with Gasteiger partial charge in [0.2, 0.25) is 0 Å². The van der Waals surface area contributed by atoms with E-state index in [2.05, 4.69) is 54.9 Å². The number of fused-ring (bicyclic) bond motifs is 1. The minimum atomic E-state index is -2.40. The second kappa shape index (κ2) is 2.92. The fraction of sp³-hybridized carbons (Fsp3) is 0.385. The molecule has 1 aliphatic carbocycles. The van der Waals surface area contributed by atoms with Crippen molar-refractivity contribution in [3.63, 3.8) is 0 Å². The number of rotatable bonds is 1. The molecule has 0 amide bonds. The molecule has 0 heterocycles. The van der Waals surface area contributed by atoms with E-state index in [-0.39, 0.29) is 0 Å². The molecule has 0 nitrogen and oxygen atoms in total. The molecule has 0 saturated carbocycles. The van der Waals surface area contributed by atoms with Crippen LogP contribution in [0.5, 0.6) is 0 Å². The molecular formula is C13H19Zr.